The number of ether oxygens (including phenoxy) is 2. The topological polar surface area (TPSA) is 35.5 Å². The van der Waals surface area contributed by atoms with Crippen LogP contribution in [0.3, 0.4) is 0 Å². The van der Waals surface area contributed by atoms with Crippen LogP contribution in [0, 0.1) is 5.82 Å². The van der Waals surface area contributed by atoms with Crippen molar-refractivity contribution in [3.8, 4) is 5.75 Å². The fourth-order valence-electron chi connectivity index (χ4n) is 3.81. The van der Waals surface area contributed by atoms with E-state index in [0.717, 1.165) is 24.8 Å². The third kappa shape index (κ3) is 5.04. The molecule has 1 heterocycles. The number of esters is 1. The standard InChI is InChI=1S/C24H27F3O3/c1-3-5-15-6-8-17(9-7-15)18-11-13-20(29-14-18)24(28)30-19-12-10-16(4-2)22(25)21(19)23(26)27/h6-10,12,18,20,23H,3-5,11,13-14H2,1-2H3. The molecule has 0 spiro atoms. The number of hydrogen-bond acceptors (Lipinski definition) is 3. The number of hydrogen-bond donors (Lipinski definition) is 0. The first-order chi connectivity index (χ1) is 14.4. The minimum Gasteiger partial charge on any atom is -0.424 e. The van der Waals surface area contributed by atoms with Crippen molar-refractivity contribution in [1.29, 1.82) is 0 Å². The minimum absolute atomic E-state index is 0.159. The molecule has 0 aromatic heterocycles. The molecule has 1 aliphatic rings. The van der Waals surface area contributed by atoms with E-state index in [2.05, 4.69) is 31.2 Å². The van der Waals surface area contributed by atoms with Gasteiger partial charge < -0.3 is 9.47 Å². The number of alkyl halides is 2. The second-order valence-corrected chi connectivity index (χ2v) is 7.61. The van der Waals surface area contributed by atoms with Crippen molar-refractivity contribution < 1.29 is 27.4 Å². The summed E-state index contributed by atoms with van der Waals surface area (Å²) in [7, 11) is 0. The molecule has 3 rings (SSSR count). The molecule has 1 saturated heterocycles. The normalized spacial score (nSPS) is 19.1. The third-order valence-electron chi connectivity index (χ3n) is 5.56. The van der Waals surface area contributed by atoms with Crippen molar-refractivity contribution in [2.24, 2.45) is 0 Å². The highest BCUT2D eigenvalue weighted by Gasteiger charge is 2.31. The molecule has 0 aliphatic carbocycles. The van der Waals surface area contributed by atoms with E-state index >= 15 is 0 Å². The highest BCUT2D eigenvalue weighted by atomic mass is 19.3. The Hall–Kier alpha value is -2.34. The molecule has 0 N–H and O–H groups in total. The lowest BCUT2D eigenvalue weighted by Crippen LogP contribution is -2.34. The van der Waals surface area contributed by atoms with Gasteiger partial charge in [0.15, 0.2) is 6.10 Å². The van der Waals surface area contributed by atoms with Gasteiger partial charge in [0.25, 0.3) is 6.43 Å². The number of benzene rings is 2. The highest BCUT2D eigenvalue weighted by Crippen LogP contribution is 2.35. The number of aryl methyl sites for hydroxylation is 2. The Bertz CT molecular complexity index is 857. The van der Waals surface area contributed by atoms with Crippen LogP contribution in [0.4, 0.5) is 13.2 Å². The zero-order valence-electron chi connectivity index (χ0n) is 17.3. The van der Waals surface area contributed by atoms with E-state index in [0.29, 0.717) is 13.0 Å². The van der Waals surface area contributed by atoms with E-state index in [1.165, 1.54) is 17.7 Å². The molecule has 0 bridgehead atoms. The molecule has 30 heavy (non-hydrogen) atoms. The van der Waals surface area contributed by atoms with Crippen molar-refractivity contribution in [2.45, 2.75) is 64.4 Å². The SMILES string of the molecule is CCCc1ccc(C2CCC(C(=O)Oc3ccc(CC)c(F)c3C(F)F)OC2)cc1. The first-order valence-corrected chi connectivity index (χ1v) is 10.5. The lowest BCUT2D eigenvalue weighted by Gasteiger charge is -2.28. The fourth-order valence-corrected chi connectivity index (χ4v) is 3.81. The van der Waals surface area contributed by atoms with Crippen molar-refractivity contribution in [3.63, 3.8) is 0 Å². The molecule has 2 aromatic rings. The third-order valence-corrected chi connectivity index (χ3v) is 5.56. The van der Waals surface area contributed by atoms with Crippen LogP contribution < -0.4 is 4.74 Å². The van der Waals surface area contributed by atoms with Crippen molar-refractivity contribution >= 4 is 5.97 Å². The summed E-state index contributed by atoms with van der Waals surface area (Å²) in [5.41, 5.74) is 1.73. The van der Waals surface area contributed by atoms with E-state index in [4.69, 9.17) is 9.47 Å². The lowest BCUT2D eigenvalue weighted by atomic mass is 9.90. The van der Waals surface area contributed by atoms with Gasteiger partial charge in [-0.2, -0.15) is 0 Å². The fraction of sp³-hybridized carbons (Fsp3) is 0.458. The smallest absolute Gasteiger partial charge is 0.340 e. The summed E-state index contributed by atoms with van der Waals surface area (Å²) in [4.78, 5) is 12.5. The van der Waals surface area contributed by atoms with Crippen LogP contribution in [-0.2, 0) is 22.4 Å². The summed E-state index contributed by atoms with van der Waals surface area (Å²) in [6, 6.07) is 11.0. The average molecular weight is 420 g/mol. The first kappa shape index (κ1) is 22.3. The predicted octanol–water partition coefficient (Wildman–Crippen LogP) is 6.15. The maximum atomic E-state index is 14.3. The summed E-state index contributed by atoms with van der Waals surface area (Å²) in [6.07, 6.45) is -0.389. The Balaban J connectivity index is 1.63. The van der Waals surface area contributed by atoms with Crippen molar-refractivity contribution in [3.05, 3.63) is 64.5 Å². The molecule has 162 valence electrons. The second-order valence-electron chi connectivity index (χ2n) is 7.61. The van der Waals surface area contributed by atoms with Crippen LogP contribution in [0.1, 0.15) is 67.7 Å². The molecule has 2 aromatic carbocycles. The van der Waals surface area contributed by atoms with Crippen LogP contribution in [0.25, 0.3) is 0 Å². The van der Waals surface area contributed by atoms with Gasteiger partial charge in [0.2, 0.25) is 0 Å². The van der Waals surface area contributed by atoms with Crippen LogP contribution in [0.2, 0.25) is 0 Å². The number of halogens is 3. The molecule has 1 aliphatic heterocycles. The molecule has 6 heteroatoms. The maximum Gasteiger partial charge on any atom is 0.340 e. The van der Waals surface area contributed by atoms with Crippen molar-refractivity contribution in [2.75, 3.05) is 6.61 Å². The van der Waals surface area contributed by atoms with Crippen LogP contribution in [-0.4, -0.2) is 18.7 Å². The Morgan fingerprint density at radius 1 is 1.13 bits per heavy atom. The number of carbonyl (C=O) groups is 1. The summed E-state index contributed by atoms with van der Waals surface area (Å²) < 4.78 is 51.8. The van der Waals surface area contributed by atoms with E-state index < -0.39 is 35.6 Å². The molecular weight excluding hydrogens is 393 g/mol. The monoisotopic (exact) mass is 420 g/mol. The molecule has 2 atom stereocenters. The molecule has 0 amide bonds. The van der Waals surface area contributed by atoms with Gasteiger partial charge in [0.1, 0.15) is 11.6 Å². The molecule has 1 fully saturated rings. The first-order valence-electron chi connectivity index (χ1n) is 10.5. The van der Waals surface area contributed by atoms with E-state index in [-0.39, 0.29) is 17.9 Å². The molecule has 0 radical (unpaired) electrons. The summed E-state index contributed by atoms with van der Waals surface area (Å²) in [5, 5.41) is 0. The number of carbonyl (C=O) groups excluding carboxylic acids is 1. The average Bonchev–Trinajstić information content (AvgIpc) is 2.74. The van der Waals surface area contributed by atoms with Gasteiger partial charge in [-0.05, 0) is 48.4 Å². The summed E-state index contributed by atoms with van der Waals surface area (Å²) >= 11 is 0. The summed E-state index contributed by atoms with van der Waals surface area (Å²) in [5.74, 6) is -2.06. The number of rotatable bonds is 7. The largest absolute Gasteiger partial charge is 0.424 e. The van der Waals surface area contributed by atoms with Gasteiger partial charge in [-0.25, -0.2) is 18.0 Å². The van der Waals surface area contributed by atoms with Crippen LogP contribution in [0.5, 0.6) is 5.75 Å². The van der Waals surface area contributed by atoms with Gasteiger partial charge in [-0.3, -0.25) is 0 Å². The predicted molar refractivity (Wildman–Crippen MR) is 109 cm³/mol. The molecule has 3 nitrogen and oxygen atoms in total. The van der Waals surface area contributed by atoms with Crippen LogP contribution in [0.15, 0.2) is 36.4 Å². The molecule has 2 unspecified atom stereocenters. The summed E-state index contributed by atoms with van der Waals surface area (Å²) in [6.45, 7) is 4.15. The molecule has 0 saturated carbocycles. The Labute approximate surface area is 175 Å². The van der Waals surface area contributed by atoms with Gasteiger partial charge in [-0.15, -0.1) is 0 Å². The van der Waals surface area contributed by atoms with E-state index in [1.54, 1.807) is 6.92 Å². The Morgan fingerprint density at radius 2 is 1.87 bits per heavy atom. The Morgan fingerprint density at radius 3 is 2.43 bits per heavy atom. The van der Waals surface area contributed by atoms with Gasteiger partial charge in [-0.1, -0.05) is 50.6 Å². The van der Waals surface area contributed by atoms with E-state index in [9.17, 15) is 18.0 Å². The van der Waals surface area contributed by atoms with Gasteiger partial charge in [0, 0.05) is 5.92 Å². The van der Waals surface area contributed by atoms with Crippen LogP contribution >= 0.6 is 0 Å². The lowest BCUT2D eigenvalue weighted by molar-refractivity contribution is -0.151. The minimum atomic E-state index is -3.08. The van der Waals surface area contributed by atoms with Gasteiger partial charge >= 0.3 is 5.97 Å². The Kier molecular flexibility index (Phi) is 7.53. The maximum absolute atomic E-state index is 14.3. The highest BCUT2D eigenvalue weighted by molar-refractivity contribution is 5.77. The zero-order valence-corrected chi connectivity index (χ0v) is 17.3. The van der Waals surface area contributed by atoms with Gasteiger partial charge in [0.05, 0.1) is 12.2 Å². The molecular formula is C24H27F3O3. The zero-order chi connectivity index (χ0) is 21.7. The second kappa shape index (κ2) is 10.1. The van der Waals surface area contributed by atoms with E-state index in [1.807, 2.05) is 0 Å². The quantitative estimate of drug-likeness (QED) is 0.398. The van der Waals surface area contributed by atoms with Crippen molar-refractivity contribution in [1.82, 2.24) is 0 Å².